The first-order valence-electron chi connectivity index (χ1n) is 5.87. The Morgan fingerprint density at radius 1 is 1.43 bits per heavy atom. The second kappa shape index (κ2) is 1.84. The minimum atomic E-state index is 0.435. The Labute approximate surface area is 85.5 Å². The van der Waals surface area contributed by atoms with E-state index in [1.807, 2.05) is 0 Å². The van der Waals surface area contributed by atoms with E-state index in [4.69, 9.17) is 4.74 Å². The lowest BCUT2D eigenvalue weighted by atomic mass is 9.41. The summed E-state index contributed by atoms with van der Waals surface area (Å²) in [4.78, 5) is 0. The molecular weight excluding hydrogens is 172 g/mol. The molecule has 0 aromatic carbocycles. The van der Waals surface area contributed by atoms with Crippen LogP contribution in [0.15, 0.2) is 11.6 Å². The molecule has 1 nitrogen and oxygen atoms in total. The molecule has 3 fully saturated rings. The van der Waals surface area contributed by atoms with Gasteiger partial charge >= 0.3 is 0 Å². The molecule has 0 aromatic heterocycles. The van der Waals surface area contributed by atoms with Crippen LogP contribution in [0.3, 0.4) is 0 Å². The largest absolute Gasteiger partial charge is 0.376 e. The van der Waals surface area contributed by atoms with Crippen molar-refractivity contribution in [3.05, 3.63) is 11.6 Å². The molecule has 0 N–H and O–H groups in total. The molecule has 14 heavy (non-hydrogen) atoms. The van der Waals surface area contributed by atoms with Gasteiger partial charge in [0.15, 0.2) is 0 Å². The molecule has 1 aliphatic heterocycles. The first-order chi connectivity index (χ1) is 6.56. The molecule has 0 aromatic rings. The number of hydrogen-bond acceptors (Lipinski definition) is 1. The molecular formula is C13H18O. The molecule has 0 unspecified atom stereocenters. The topological polar surface area (TPSA) is 9.23 Å². The Morgan fingerprint density at radius 3 is 2.93 bits per heavy atom. The van der Waals surface area contributed by atoms with Crippen LogP contribution >= 0.6 is 0 Å². The summed E-state index contributed by atoms with van der Waals surface area (Å²) >= 11 is 0. The van der Waals surface area contributed by atoms with Crippen molar-refractivity contribution < 1.29 is 4.74 Å². The fraction of sp³-hybridized carbons (Fsp3) is 0.846. The lowest BCUT2D eigenvalue weighted by Crippen LogP contribution is -2.59. The Balaban J connectivity index is 1.83. The highest BCUT2D eigenvalue weighted by molar-refractivity contribution is 5.41. The van der Waals surface area contributed by atoms with Crippen molar-refractivity contribution in [3.8, 4) is 0 Å². The van der Waals surface area contributed by atoms with Gasteiger partial charge in [0.1, 0.15) is 0 Å². The minimum Gasteiger partial charge on any atom is -0.376 e. The number of ether oxygens (including phenoxy) is 1. The maximum atomic E-state index is 6.07. The second-order valence-electron chi connectivity index (χ2n) is 6.59. The first-order valence-corrected chi connectivity index (χ1v) is 5.87. The average molecular weight is 190 g/mol. The summed E-state index contributed by atoms with van der Waals surface area (Å²) in [5.74, 6) is 2.74. The molecule has 5 atom stereocenters. The van der Waals surface area contributed by atoms with E-state index < -0.39 is 0 Å². The van der Waals surface area contributed by atoms with E-state index in [1.54, 1.807) is 5.57 Å². The lowest BCUT2D eigenvalue weighted by Gasteiger charge is -2.62. The third-order valence-electron chi connectivity index (χ3n) is 5.45. The van der Waals surface area contributed by atoms with Crippen LogP contribution in [-0.2, 0) is 4.74 Å². The van der Waals surface area contributed by atoms with Gasteiger partial charge in [-0.15, -0.1) is 0 Å². The third-order valence-corrected chi connectivity index (χ3v) is 5.45. The van der Waals surface area contributed by atoms with Crippen LogP contribution in [-0.4, -0.2) is 12.7 Å². The van der Waals surface area contributed by atoms with Crippen LogP contribution in [0.2, 0.25) is 0 Å². The second-order valence-corrected chi connectivity index (χ2v) is 6.59. The van der Waals surface area contributed by atoms with Crippen molar-refractivity contribution in [3.63, 3.8) is 0 Å². The van der Waals surface area contributed by atoms with Gasteiger partial charge in [0, 0.05) is 11.3 Å². The predicted molar refractivity (Wildman–Crippen MR) is 54.8 cm³/mol. The molecule has 0 amide bonds. The van der Waals surface area contributed by atoms with Gasteiger partial charge in [0.2, 0.25) is 0 Å². The van der Waals surface area contributed by atoms with Crippen LogP contribution < -0.4 is 0 Å². The fourth-order valence-corrected chi connectivity index (χ4v) is 5.21. The lowest BCUT2D eigenvalue weighted by molar-refractivity contribution is -0.0462. The zero-order valence-electron chi connectivity index (χ0n) is 9.21. The Kier molecular flexibility index (Phi) is 1.04. The molecule has 4 aliphatic rings. The molecule has 76 valence electrons. The highest BCUT2D eigenvalue weighted by atomic mass is 16.5. The van der Waals surface area contributed by atoms with Crippen molar-refractivity contribution in [1.29, 1.82) is 0 Å². The van der Waals surface area contributed by atoms with Gasteiger partial charge < -0.3 is 4.74 Å². The molecule has 1 saturated heterocycles. The summed E-state index contributed by atoms with van der Waals surface area (Å²) in [5, 5.41) is 0. The van der Waals surface area contributed by atoms with Gasteiger partial charge in [-0.3, -0.25) is 0 Å². The predicted octanol–water partition coefficient (Wildman–Crippen LogP) is 2.62. The molecule has 2 saturated carbocycles. The van der Waals surface area contributed by atoms with Crippen molar-refractivity contribution in [2.45, 2.75) is 33.3 Å². The van der Waals surface area contributed by atoms with Crippen molar-refractivity contribution in [2.24, 2.45) is 28.6 Å². The summed E-state index contributed by atoms with van der Waals surface area (Å²) in [6.07, 6.45) is 4.47. The van der Waals surface area contributed by atoms with Gasteiger partial charge in [-0.2, -0.15) is 0 Å². The van der Waals surface area contributed by atoms with E-state index in [0.29, 0.717) is 16.9 Å². The Morgan fingerprint density at radius 2 is 2.21 bits per heavy atom. The molecule has 1 heterocycles. The van der Waals surface area contributed by atoms with Crippen LogP contribution in [0.1, 0.15) is 27.2 Å². The highest BCUT2D eigenvalue weighted by Crippen LogP contribution is 2.77. The summed E-state index contributed by atoms with van der Waals surface area (Å²) in [6, 6.07) is 0. The maximum Gasteiger partial charge on any atom is 0.0666 e. The van der Waals surface area contributed by atoms with Gasteiger partial charge in [-0.25, -0.2) is 0 Å². The minimum absolute atomic E-state index is 0.435. The van der Waals surface area contributed by atoms with Gasteiger partial charge in [0.25, 0.3) is 0 Å². The summed E-state index contributed by atoms with van der Waals surface area (Å²) in [6.45, 7) is 8.11. The third kappa shape index (κ3) is 0.542. The van der Waals surface area contributed by atoms with Gasteiger partial charge in [-0.05, 0) is 30.6 Å². The van der Waals surface area contributed by atoms with Crippen LogP contribution in [0, 0.1) is 28.6 Å². The van der Waals surface area contributed by atoms with Crippen molar-refractivity contribution in [2.75, 3.05) is 6.61 Å². The maximum absolute atomic E-state index is 6.07. The highest BCUT2D eigenvalue weighted by Gasteiger charge is 2.76. The molecule has 4 rings (SSSR count). The molecule has 1 heteroatoms. The SMILES string of the molecule is CC1=C[C@@]23CO[C@H]4[C@@H]2[C@H](CC4(C)C)[C@@H]13. The van der Waals surface area contributed by atoms with Crippen LogP contribution in [0.25, 0.3) is 0 Å². The van der Waals surface area contributed by atoms with E-state index >= 15 is 0 Å². The normalized spacial score (nSPS) is 60.9. The van der Waals surface area contributed by atoms with E-state index in [1.165, 1.54) is 6.42 Å². The van der Waals surface area contributed by atoms with Gasteiger partial charge in [-0.1, -0.05) is 25.5 Å². The van der Waals surface area contributed by atoms with E-state index in [9.17, 15) is 0 Å². The Bertz CT molecular complexity index is 354. The van der Waals surface area contributed by atoms with E-state index in [-0.39, 0.29) is 0 Å². The molecule has 1 spiro atoms. The number of fused-ring (bicyclic) bond motifs is 1. The summed E-state index contributed by atoms with van der Waals surface area (Å²) in [5.41, 5.74) is 2.60. The van der Waals surface area contributed by atoms with Crippen molar-refractivity contribution >= 4 is 0 Å². The average Bonchev–Trinajstić information content (AvgIpc) is 2.49. The van der Waals surface area contributed by atoms with Crippen LogP contribution in [0.5, 0.6) is 0 Å². The zero-order valence-corrected chi connectivity index (χ0v) is 9.21. The zero-order chi connectivity index (χ0) is 9.72. The number of hydrogen-bond donors (Lipinski definition) is 0. The first kappa shape index (κ1) is 7.92. The monoisotopic (exact) mass is 190 g/mol. The summed E-state index contributed by atoms with van der Waals surface area (Å²) in [7, 11) is 0. The molecule has 0 radical (unpaired) electrons. The number of rotatable bonds is 0. The quantitative estimate of drug-likeness (QED) is 0.533. The molecule has 0 bridgehead atoms. The standard InChI is InChI=1S/C13H18O/c1-7-4-13-6-14-11-10(13)8(9(7)13)5-12(11,2)3/h4,8-11H,5-6H2,1-3H3/t8-,9-,10+,11+,13+/m1/s1. The fourth-order valence-electron chi connectivity index (χ4n) is 5.21. The van der Waals surface area contributed by atoms with Crippen molar-refractivity contribution in [1.82, 2.24) is 0 Å². The Hall–Kier alpha value is -0.300. The van der Waals surface area contributed by atoms with Gasteiger partial charge in [0.05, 0.1) is 12.7 Å². The summed E-state index contributed by atoms with van der Waals surface area (Å²) < 4.78 is 6.07. The van der Waals surface area contributed by atoms with E-state index in [0.717, 1.165) is 24.4 Å². The van der Waals surface area contributed by atoms with E-state index in [2.05, 4.69) is 26.8 Å². The smallest absolute Gasteiger partial charge is 0.0666 e. The molecule has 3 aliphatic carbocycles. The van der Waals surface area contributed by atoms with Crippen LogP contribution in [0.4, 0.5) is 0 Å². The number of allylic oxidation sites excluding steroid dienone is 1.